The summed E-state index contributed by atoms with van der Waals surface area (Å²) in [5.41, 5.74) is 2.13. The SMILES string of the molecule is CSc1ccccc1Nc1nc2ccc(Br)cc2s1. The van der Waals surface area contributed by atoms with Crippen molar-refractivity contribution in [1.29, 1.82) is 0 Å². The van der Waals surface area contributed by atoms with Crippen LogP contribution in [0, 0.1) is 0 Å². The van der Waals surface area contributed by atoms with E-state index < -0.39 is 0 Å². The van der Waals surface area contributed by atoms with Crippen molar-refractivity contribution in [1.82, 2.24) is 4.98 Å². The molecule has 1 aromatic heterocycles. The maximum Gasteiger partial charge on any atom is 0.188 e. The molecular weight excluding hydrogens is 340 g/mol. The molecule has 0 spiro atoms. The first-order chi connectivity index (χ1) is 9.26. The van der Waals surface area contributed by atoms with Gasteiger partial charge in [0.2, 0.25) is 0 Å². The predicted octanol–water partition coefficient (Wildman–Crippen LogP) is 5.52. The zero-order valence-corrected chi connectivity index (χ0v) is 13.4. The summed E-state index contributed by atoms with van der Waals surface area (Å²) in [4.78, 5) is 5.83. The predicted molar refractivity (Wildman–Crippen MR) is 88.8 cm³/mol. The van der Waals surface area contributed by atoms with Crippen LogP contribution >= 0.6 is 39.0 Å². The third kappa shape index (κ3) is 2.78. The zero-order valence-electron chi connectivity index (χ0n) is 10.2. The molecule has 1 N–H and O–H groups in total. The maximum absolute atomic E-state index is 4.60. The van der Waals surface area contributed by atoms with Gasteiger partial charge < -0.3 is 5.32 Å². The number of aromatic nitrogens is 1. The summed E-state index contributed by atoms with van der Waals surface area (Å²) in [6.07, 6.45) is 2.08. The molecule has 0 atom stereocenters. The van der Waals surface area contributed by atoms with Crippen molar-refractivity contribution in [2.24, 2.45) is 0 Å². The van der Waals surface area contributed by atoms with E-state index in [4.69, 9.17) is 0 Å². The minimum atomic E-state index is 0.926. The molecule has 0 fully saturated rings. The Balaban J connectivity index is 1.96. The Hall–Kier alpha value is -1.04. The van der Waals surface area contributed by atoms with Crippen molar-refractivity contribution in [3.05, 3.63) is 46.9 Å². The highest BCUT2D eigenvalue weighted by atomic mass is 79.9. The van der Waals surface area contributed by atoms with Gasteiger partial charge in [0, 0.05) is 9.37 Å². The monoisotopic (exact) mass is 350 g/mol. The quantitative estimate of drug-likeness (QED) is 0.629. The van der Waals surface area contributed by atoms with Crippen molar-refractivity contribution >= 4 is 60.1 Å². The number of anilines is 2. The standard InChI is InChI=1S/C14H11BrN2S2/c1-18-12-5-3-2-4-10(12)16-14-17-11-7-6-9(15)8-13(11)19-14/h2-8H,1H3,(H,16,17). The average Bonchev–Trinajstić information content (AvgIpc) is 2.80. The van der Waals surface area contributed by atoms with Crippen LogP contribution < -0.4 is 5.32 Å². The van der Waals surface area contributed by atoms with Gasteiger partial charge in [0.1, 0.15) is 0 Å². The summed E-state index contributed by atoms with van der Waals surface area (Å²) in [5.74, 6) is 0. The van der Waals surface area contributed by atoms with Crippen LogP contribution in [0.25, 0.3) is 10.2 Å². The molecule has 0 aliphatic rings. The van der Waals surface area contributed by atoms with E-state index in [-0.39, 0.29) is 0 Å². The van der Waals surface area contributed by atoms with Gasteiger partial charge in [-0.3, -0.25) is 0 Å². The molecule has 0 saturated carbocycles. The van der Waals surface area contributed by atoms with E-state index in [0.717, 1.165) is 20.8 Å². The van der Waals surface area contributed by atoms with Gasteiger partial charge >= 0.3 is 0 Å². The molecule has 0 radical (unpaired) electrons. The summed E-state index contributed by atoms with van der Waals surface area (Å²) < 4.78 is 2.26. The minimum Gasteiger partial charge on any atom is -0.331 e. The molecule has 1 heterocycles. The third-order valence-corrected chi connectivity index (χ3v) is 4.92. The molecule has 5 heteroatoms. The number of fused-ring (bicyclic) bond motifs is 1. The first-order valence-corrected chi connectivity index (χ1v) is 8.56. The summed E-state index contributed by atoms with van der Waals surface area (Å²) in [7, 11) is 0. The highest BCUT2D eigenvalue weighted by Gasteiger charge is 2.06. The van der Waals surface area contributed by atoms with Gasteiger partial charge in [0.05, 0.1) is 15.9 Å². The molecule has 0 unspecified atom stereocenters. The van der Waals surface area contributed by atoms with Crippen LogP contribution in [-0.4, -0.2) is 11.2 Å². The highest BCUT2D eigenvalue weighted by Crippen LogP contribution is 2.33. The summed E-state index contributed by atoms with van der Waals surface area (Å²) >= 11 is 6.88. The number of benzene rings is 2. The van der Waals surface area contributed by atoms with E-state index in [2.05, 4.69) is 50.7 Å². The van der Waals surface area contributed by atoms with Crippen molar-refractivity contribution < 1.29 is 0 Å². The Morgan fingerprint density at radius 3 is 2.89 bits per heavy atom. The second-order valence-corrected chi connectivity index (χ2v) is 6.75. The smallest absolute Gasteiger partial charge is 0.188 e. The first-order valence-electron chi connectivity index (χ1n) is 5.72. The lowest BCUT2D eigenvalue weighted by molar-refractivity contribution is 1.38. The lowest BCUT2D eigenvalue weighted by atomic mass is 10.3. The fraction of sp³-hybridized carbons (Fsp3) is 0.0714. The Morgan fingerprint density at radius 2 is 2.05 bits per heavy atom. The molecule has 3 aromatic rings. The molecule has 0 aliphatic heterocycles. The number of rotatable bonds is 3. The summed E-state index contributed by atoms with van der Waals surface area (Å²) in [5, 5.41) is 4.33. The van der Waals surface area contributed by atoms with Crippen LogP contribution in [0.4, 0.5) is 10.8 Å². The number of hydrogen-bond acceptors (Lipinski definition) is 4. The van der Waals surface area contributed by atoms with Crippen LogP contribution in [0.15, 0.2) is 51.8 Å². The lowest BCUT2D eigenvalue weighted by Gasteiger charge is -2.06. The van der Waals surface area contributed by atoms with E-state index in [0.29, 0.717) is 0 Å². The normalized spacial score (nSPS) is 10.8. The van der Waals surface area contributed by atoms with Crippen molar-refractivity contribution in [2.75, 3.05) is 11.6 Å². The van der Waals surface area contributed by atoms with Gasteiger partial charge in [0.15, 0.2) is 5.13 Å². The van der Waals surface area contributed by atoms with Gasteiger partial charge in [-0.05, 0) is 36.6 Å². The molecule has 96 valence electrons. The number of hydrogen-bond donors (Lipinski definition) is 1. The van der Waals surface area contributed by atoms with Crippen molar-refractivity contribution in [3.8, 4) is 0 Å². The summed E-state index contributed by atoms with van der Waals surface area (Å²) in [6, 6.07) is 14.4. The van der Waals surface area contributed by atoms with Gasteiger partial charge in [-0.15, -0.1) is 11.8 Å². The molecule has 0 aliphatic carbocycles. The second-order valence-electron chi connectivity index (χ2n) is 3.96. The summed E-state index contributed by atoms with van der Waals surface area (Å²) in [6.45, 7) is 0. The van der Waals surface area contributed by atoms with E-state index in [9.17, 15) is 0 Å². The maximum atomic E-state index is 4.60. The van der Waals surface area contributed by atoms with E-state index >= 15 is 0 Å². The van der Waals surface area contributed by atoms with Gasteiger partial charge in [-0.2, -0.15) is 0 Å². The van der Waals surface area contributed by atoms with E-state index in [1.54, 1.807) is 23.1 Å². The van der Waals surface area contributed by atoms with Crippen molar-refractivity contribution in [2.45, 2.75) is 4.90 Å². The topological polar surface area (TPSA) is 24.9 Å². The minimum absolute atomic E-state index is 0.926. The van der Waals surface area contributed by atoms with Crippen LogP contribution in [0.5, 0.6) is 0 Å². The first kappa shape index (κ1) is 13.0. The molecule has 0 saturated heterocycles. The average molecular weight is 351 g/mol. The van der Waals surface area contributed by atoms with E-state index in [1.807, 2.05) is 24.3 Å². The molecule has 3 rings (SSSR count). The van der Waals surface area contributed by atoms with Crippen molar-refractivity contribution in [3.63, 3.8) is 0 Å². The Labute approximate surface area is 128 Å². The molecular formula is C14H11BrN2S2. The molecule has 2 nitrogen and oxygen atoms in total. The second kappa shape index (κ2) is 5.53. The Kier molecular flexibility index (Phi) is 3.77. The van der Waals surface area contributed by atoms with Gasteiger partial charge in [0.25, 0.3) is 0 Å². The number of thiazole rings is 1. The number of nitrogens with one attached hydrogen (secondary N) is 1. The molecule has 0 bridgehead atoms. The highest BCUT2D eigenvalue weighted by molar-refractivity contribution is 9.10. The number of halogens is 1. The van der Waals surface area contributed by atoms with E-state index in [1.165, 1.54) is 9.60 Å². The Morgan fingerprint density at radius 1 is 1.21 bits per heavy atom. The molecule has 2 aromatic carbocycles. The largest absolute Gasteiger partial charge is 0.331 e. The number of para-hydroxylation sites is 1. The fourth-order valence-corrected chi connectivity index (χ4v) is 3.80. The van der Waals surface area contributed by atoms with Crippen LogP contribution in [0.3, 0.4) is 0 Å². The van der Waals surface area contributed by atoms with Gasteiger partial charge in [-0.25, -0.2) is 4.98 Å². The van der Waals surface area contributed by atoms with Gasteiger partial charge in [-0.1, -0.05) is 39.4 Å². The van der Waals surface area contributed by atoms with Crippen LogP contribution in [0.2, 0.25) is 0 Å². The molecule has 19 heavy (non-hydrogen) atoms. The number of nitrogens with zero attached hydrogens (tertiary/aromatic N) is 1. The number of thioether (sulfide) groups is 1. The van der Waals surface area contributed by atoms with Crippen LogP contribution in [0.1, 0.15) is 0 Å². The lowest BCUT2D eigenvalue weighted by Crippen LogP contribution is -1.90. The fourth-order valence-electron chi connectivity index (χ4n) is 1.82. The third-order valence-electron chi connectivity index (χ3n) is 2.70. The Bertz CT molecular complexity index is 724. The van der Waals surface area contributed by atoms with Crippen LogP contribution in [-0.2, 0) is 0 Å². The zero-order chi connectivity index (χ0) is 13.2. The molecule has 0 amide bonds.